The molecule has 0 saturated carbocycles. The summed E-state index contributed by atoms with van der Waals surface area (Å²) in [6.45, 7) is 6.34. The van der Waals surface area contributed by atoms with Crippen LogP contribution in [0.25, 0.3) is 11.1 Å². The zero-order valence-corrected chi connectivity index (χ0v) is 18.8. The van der Waals surface area contributed by atoms with Gasteiger partial charge in [0.15, 0.2) is 0 Å². The Morgan fingerprint density at radius 3 is 2.48 bits per heavy atom. The van der Waals surface area contributed by atoms with Gasteiger partial charge in [-0.05, 0) is 29.2 Å². The van der Waals surface area contributed by atoms with Gasteiger partial charge in [0.05, 0.1) is 5.92 Å². The summed E-state index contributed by atoms with van der Waals surface area (Å²) < 4.78 is 1.76. The second-order valence-corrected chi connectivity index (χ2v) is 8.40. The first-order valence-electron chi connectivity index (χ1n) is 11.4. The highest BCUT2D eigenvalue weighted by molar-refractivity contribution is 5.82. The van der Waals surface area contributed by atoms with Gasteiger partial charge in [-0.15, -0.1) is 6.58 Å². The summed E-state index contributed by atoms with van der Waals surface area (Å²) in [7, 11) is 0. The van der Waals surface area contributed by atoms with Crippen molar-refractivity contribution in [1.29, 1.82) is 0 Å². The fourth-order valence-corrected chi connectivity index (χ4v) is 4.31. The molecule has 1 unspecified atom stereocenters. The molecule has 2 aromatic carbocycles. The van der Waals surface area contributed by atoms with Gasteiger partial charge >= 0.3 is 0 Å². The van der Waals surface area contributed by atoms with Gasteiger partial charge in [-0.2, -0.15) is 5.10 Å². The number of nitrogens with zero attached hydrogens (tertiary/aromatic N) is 4. The number of benzene rings is 2. The Morgan fingerprint density at radius 1 is 1.03 bits per heavy atom. The van der Waals surface area contributed by atoms with E-state index in [9.17, 15) is 9.59 Å². The monoisotopic (exact) mass is 442 g/mol. The van der Waals surface area contributed by atoms with E-state index >= 15 is 0 Å². The Labute approximate surface area is 195 Å². The van der Waals surface area contributed by atoms with Crippen LogP contribution in [0.4, 0.5) is 0 Å². The van der Waals surface area contributed by atoms with Crippen LogP contribution in [0.15, 0.2) is 85.7 Å². The van der Waals surface area contributed by atoms with Crippen LogP contribution >= 0.6 is 0 Å². The Kier molecular flexibility index (Phi) is 7.35. The predicted octanol–water partition coefficient (Wildman–Crippen LogP) is 3.66. The molecule has 0 spiro atoms. The third-order valence-electron chi connectivity index (χ3n) is 6.10. The lowest BCUT2D eigenvalue weighted by molar-refractivity contribution is -0.134. The van der Waals surface area contributed by atoms with Gasteiger partial charge in [0.1, 0.15) is 0 Å². The minimum Gasteiger partial charge on any atom is -0.340 e. The van der Waals surface area contributed by atoms with Crippen LogP contribution in [0.3, 0.4) is 0 Å². The van der Waals surface area contributed by atoms with E-state index in [4.69, 9.17) is 0 Å². The van der Waals surface area contributed by atoms with Gasteiger partial charge in [0.25, 0.3) is 0 Å². The third kappa shape index (κ3) is 5.77. The molecule has 4 rings (SSSR count). The number of aromatic nitrogens is 2. The fourth-order valence-electron chi connectivity index (χ4n) is 4.31. The maximum Gasteiger partial charge on any atom is 0.228 e. The molecular weight excluding hydrogens is 412 g/mol. The molecule has 0 bridgehead atoms. The minimum absolute atomic E-state index is 0.0585. The summed E-state index contributed by atoms with van der Waals surface area (Å²) in [6, 6.07) is 20.5. The van der Waals surface area contributed by atoms with Gasteiger partial charge in [0, 0.05) is 51.5 Å². The first-order valence-corrected chi connectivity index (χ1v) is 11.4. The molecule has 1 fully saturated rings. The molecule has 2 amide bonds. The number of hydrogen-bond acceptors (Lipinski definition) is 3. The van der Waals surface area contributed by atoms with Crippen LogP contribution in [-0.4, -0.2) is 57.6 Å². The Bertz CT molecular complexity index is 1060. The van der Waals surface area contributed by atoms with Crippen LogP contribution in [0.2, 0.25) is 0 Å². The van der Waals surface area contributed by atoms with Crippen molar-refractivity contribution in [2.24, 2.45) is 5.92 Å². The molecule has 6 heteroatoms. The lowest BCUT2D eigenvalue weighted by atomic mass is 9.95. The van der Waals surface area contributed by atoms with Crippen molar-refractivity contribution in [2.45, 2.75) is 19.4 Å². The molecule has 1 aromatic heterocycles. The van der Waals surface area contributed by atoms with Crippen LogP contribution < -0.4 is 0 Å². The van der Waals surface area contributed by atoms with Crippen molar-refractivity contribution in [2.75, 3.05) is 26.2 Å². The highest BCUT2D eigenvalue weighted by Crippen LogP contribution is 2.22. The summed E-state index contributed by atoms with van der Waals surface area (Å²) in [5.74, 6) is -0.128. The molecule has 0 N–H and O–H groups in total. The van der Waals surface area contributed by atoms with Crippen LogP contribution in [-0.2, 0) is 22.6 Å². The fraction of sp³-hybridized carbons (Fsp3) is 0.296. The van der Waals surface area contributed by atoms with E-state index < -0.39 is 0 Å². The molecule has 1 atom stereocenters. The largest absolute Gasteiger partial charge is 0.340 e. The van der Waals surface area contributed by atoms with Crippen molar-refractivity contribution < 1.29 is 9.59 Å². The maximum absolute atomic E-state index is 13.3. The standard InChI is InChI=1S/C27H30N4O2/c1-2-15-29-18-19-30(26(32)13-17-31-16-6-14-28-31)21-25(27(29)33)20-22-9-11-24(12-10-22)23-7-4-3-5-8-23/h2-12,14,16,25H,1,13,15,17-21H2. The zero-order valence-electron chi connectivity index (χ0n) is 18.8. The third-order valence-corrected chi connectivity index (χ3v) is 6.10. The Balaban J connectivity index is 1.46. The summed E-state index contributed by atoms with van der Waals surface area (Å²) in [4.78, 5) is 29.9. The molecular formula is C27H30N4O2. The number of hydrogen-bond donors (Lipinski definition) is 0. The van der Waals surface area contributed by atoms with Crippen LogP contribution in [0.1, 0.15) is 12.0 Å². The van der Waals surface area contributed by atoms with Gasteiger partial charge in [-0.3, -0.25) is 14.3 Å². The van der Waals surface area contributed by atoms with E-state index in [1.807, 2.05) is 40.3 Å². The van der Waals surface area contributed by atoms with E-state index in [1.165, 1.54) is 5.56 Å². The maximum atomic E-state index is 13.3. The quantitative estimate of drug-likeness (QED) is 0.501. The number of aryl methyl sites for hydroxylation is 1. The molecule has 33 heavy (non-hydrogen) atoms. The van der Waals surface area contributed by atoms with Crippen molar-refractivity contribution in [3.8, 4) is 11.1 Å². The average Bonchev–Trinajstić information content (AvgIpc) is 3.33. The first-order chi connectivity index (χ1) is 16.1. The molecule has 1 saturated heterocycles. The topological polar surface area (TPSA) is 58.4 Å². The van der Waals surface area contributed by atoms with Crippen molar-refractivity contribution in [1.82, 2.24) is 19.6 Å². The van der Waals surface area contributed by atoms with E-state index in [0.717, 1.165) is 11.1 Å². The summed E-state index contributed by atoms with van der Waals surface area (Å²) in [6.07, 6.45) is 6.29. The second kappa shape index (κ2) is 10.8. The summed E-state index contributed by atoms with van der Waals surface area (Å²) in [5.41, 5.74) is 3.41. The first kappa shape index (κ1) is 22.5. The van der Waals surface area contributed by atoms with Crippen molar-refractivity contribution in [3.63, 3.8) is 0 Å². The minimum atomic E-state index is -0.274. The van der Waals surface area contributed by atoms with Crippen LogP contribution in [0, 0.1) is 5.92 Å². The molecule has 0 aliphatic carbocycles. The normalized spacial score (nSPS) is 16.5. The number of amides is 2. The molecule has 1 aliphatic heterocycles. The highest BCUT2D eigenvalue weighted by Gasteiger charge is 2.31. The molecule has 2 heterocycles. The average molecular weight is 443 g/mol. The lowest BCUT2D eigenvalue weighted by Gasteiger charge is -2.24. The molecule has 3 aromatic rings. The highest BCUT2D eigenvalue weighted by atomic mass is 16.2. The van der Waals surface area contributed by atoms with Crippen LogP contribution in [0.5, 0.6) is 0 Å². The smallest absolute Gasteiger partial charge is 0.228 e. The zero-order chi connectivity index (χ0) is 23.0. The molecule has 0 radical (unpaired) electrons. The predicted molar refractivity (Wildman–Crippen MR) is 129 cm³/mol. The van der Waals surface area contributed by atoms with Gasteiger partial charge in [-0.25, -0.2) is 0 Å². The van der Waals surface area contributed by atoms with E-state index in [1.54, 1.807) is 17.0 Å². The van der Waals surface area contributed by atoms with E-state index in [0.29, 0.717) is 45.6 Å². The second-order valence-electron chi connectivity index (χ2n) is 8.40. The molecule has 6 nitrogen and oxygen atoms in total. The van der Waals surface area contributed by atoms with Gasteiger partial charge in [0.2, 0.25) is 11.8 Å². The van der Waals surface area contributed by atoms with Crippen molar-refractivity contribution >= 4 is 11.8 Å². The van der Waals surface area contributed by atoms with Gasteiger partial charge < -0.3 is 9.80 Å². The SMILES string of the molecule is C=CCN1CCN(C(=O)CCn2cccn2)CC(Cc2ccc(-c3ccccc3)cc2)C1=O. The van der Waals surface area contributed by atoms with E-state index in [-0.39, 0.29) is 17.7 Å². The van der Waals surface area contributed by atoms with Crippen molar-refractivity contribution in [3.05, 3.63) is 91.3 Å². The van der Waals surface area contributed by atoms with Gasteiger partial charge in [-0.1, -0.05) is 60.7 Å². The Morgan fingerprint density at radius 2 is 1.79 bits per heavy atom. The number of carbonyl (C=O) groups is 2. The van der Waals surface area contributed by atoms with E-state index in [2.05, 4.69) is 48.1 Å². The number of carbonyl (C=O) groups excluding carboxylic acids is 2. The number of rotatable bonds is 8. The molecule has 1 aliphatic rings. The molecule has 170 valence electrons. The summed E-state index contributed by atoms with van der Waals surface area (Å²) in [5, 5.41) is 4.17. The lowest BCUT2D eigenvalue weighted by Crippen LogP contribution is -2.38. The summed E-state index contributed by atoms with van der Waals surface area (Å²) >= 11 is 0. The Hall–Kier alpha value is -3.67.